The lowest BCUT2D eigenvalue weighted by atomic mass is 9.82. The van der Waals surface area contributed by atoms with Gasteiger partial charge in [0.15, 0.2) is 0 Å². The van der Waals surface area contributed by atoms with E-state index in [9.17, 15) is 13.2 Å². The van der Waals surface area contributed by atoms with Crippen molar-refractivity contribution in [2.75, 3.05) is 0 Å². The summed E-state index contributed by atoms with van der Waals surface area (Å²) in [5, 5.41) is 3.85. The highest BCUT2D eigenvalue weighted by atomic mass is 19.4. The Morgan fingerprint density at radius 2 is 1.46 bits per heavy atom. The highest BCUT2D eigenvalue weighted by Gasteiger charge is 2.36. The molecule has 6 heteroatoms. The van der Waals surface area contributed by atoms with Crippen molar-refractivity contribution < 1.29 is 13.2 Å². The monoisotopic (exact) mass is 469 g/mol. The summed E-state index contributed by atoms with van der Waals surface area (Å²) in [5.74, 6) is 0. The van der Waals surface area contributed by atoms with Crippen LogP contribution in [0, 0.1) is 0 Å². The number of pyridine rings is 2. The average Bonchev–Trinajstić information content (AvgIpc) is 3.21. The van der Waals surface area contributed by atoms with Crippen molar-refractivity contribution in [3.63, 3.8) is 0 Å². The Morgan fingerprint density at radius 3 is 2.17 bits per heavy atom. The zero-order chi connectivity index (χ0) is 24.5. The lowest BCUT2D eigenvalue weighted by Crippen LogP contribution is -2.12. The maximum Gasteiger partial charge on any atom is 0.420 e. The summed E-state index contributed by atoms with van der Waals surface area (Å²) in [4.78, 5) is 8.93. The smallest absolute Gasteiger partial charge is 0.297 e. The third-order valence-electron chi connectivity index (χ3n) is 6.57. The molecule has 3 aromatic carbocycles. The number of hydrogen-bond acceptors (Lipinski definition) is 2. The first-order valence-corrected chi connectivity index (χ1v) is 11.4. The molecule has 3 nitrogen and oxygen atoms in total. The number of aromatic nitrogens is 3. The van der Waals surface area contributed by atoms with Crippen LogP contribution in [-0.2, 0) is 11.6 Å². The number of nitrogens with zero attached hydrogens (tertiary/aromatic N) is 3. The van der Waals surface area contributed by atoms with Gasteiger partial charge in [0.1, 0.15) is 16.7 Å². The molecule has 0 aliphatic rings. The average molecular weight is 470 g/mol. The Labute approximate surface area is 199 Å². The normalized spacial score (nSPS) is 12.9. The third-order valence-corrected chi connectivity index (χ3v) is 6.57. The van der Waals surface area contributed by atoms with Crippen LogP contribution in [-0.4, -0.2) is 14.4 Å². The van der Waals surface area contributed by atoms with Crippen molar-refractivity contribution in [3.8, 4) is 11.3 Å². The van der Waals surface area contributed by atoms with Gasteiger partial charge in [-0.25, -0.2) is 4.98 Å². The summed E-state index contributed by atoms with van der Waals surface area (Å²) >= 11 is 0. The molecule has 0 unspecified atom stereocenters. The highest BCUT2D eigenvalue weighted by molar-refractivity contribution is 6.03. The Morgan fingerprint density at radius 1 is 0.771 bits per heavy atom. The summed E-state index contributed by atoms with van der Waals surface area (Å²) in [5.41, 5.74) is 2.10. The van der Waals surface area contributed by atoms with Crippen LogP contribution < -0.4 is 0 Å². The van der Waals surface area contributed by atoms with Gasteiger partial charge in [-0.1, -0.05) is 69.3 Å². The number of benzene rings is 3. The lowest BCUT2D eigenvalue weighted by Gasteiger charge is -2.23. The van der Waals surface area contributed by atoms with Gasteiger partial charge in [-0.2, -0.15) is 13.2 Å². The molecule has 174 valence electrons. The third kappa shape index (κ3) is 3.35. The van der Waals surface area contributed by atoms with Gasteiger partial charge in [0.05, 0.1) is 11.2 Å². The molecular formula is C29H22F3N3. The lowest BCUT2D eigenvalue weighted by molar-refractivity contribution is -0.136. The van der Waals surface area contributed by atoms with Crippen molar-refractivity contribution in [1.29, 1.82) is 0 Å². The minimum atomic E-state index is -4.57. The van der Waals surface area contributed by atoms with Gasteiger partial charge >= 0.3 is 6.18 Å². The Hall–Kier alpha value is -3.93. The van der Waals surface area contributed by atoms with Gasteiger partial charge in [0.2, 0.25) is 0 Å². The number of fused-ring (bicyclic) bond motifs is 6. The number of halogens is 3. The minimum Gasteiger partial charge on any atom is -0.297 e. The zero-order valence-electron chi connectivity index (χ0n) is 19.5. The maximum absolute atomic E-state index is 14.0. The molecule has 0 N–H and O–H groups in total. The number of imidazole rings is 1. The molecule has 0 spiro atoms. The van der Waals surface area contributed by atoms with E-state index in [2.05, 4.69) is 42.9 Å². The van der Waals surface area contributed by atoms with E-state index in [4.69, 9.17) is 0 Å². The molecule has 0 bridgehead atoms. The molecule has 0 fully saturated rings. The molecule has 3 aromatic heterocycles. The standard InChI is InChI=1S/C29H22F3N3/c1-28(2,3)22-15-19(14-18-9-5-6-10-20(18)22)24-26-25(23(16-33-24)29(30,31)32)34-27-21-11-7-4-8-17(21)12-13-35(26)27/h4-16H,1-3H3. The van der Waals surface area contributed by atoms with Crippen LogP contribution in [0.1, 0.15) is 31.9 Å². The van der Waals surface area contributed by atoms with Crippen molar-refractivity contribution in [2.45, 2.75) is 32.4 Å². The van der Waals surface area contributed by atoms with E-state index in [1.807, 2.05) is 54.6 Å². The molecule has 0 aliphatic heterocycles. The first-order chi connectivity index (χ1) is 16.6. The largest absolute Gasteiger partial charge is 0.420 e. The molecule has 6 rings (SSSR count). The molecule has 0 atom stereocenters. The topological polar surface area (TPSA) is 30.2 Å². The van der Waals surface area contributed by atoms with Crippen LogP contribution in [0.3, 0.4) is 0 Å². The summed E-state index contributed by atoms with van der Waals surface area (Å²) in [6.45, 7) is 6.40. The summed E-state index contributed by atoms with van der Waals surface area (Å²) in [6.07, 6.45) is -1.88. The summed E-state index contributed by atoms with van der Waals surface area (Å²) < 4.78 is 43.8. The predicted octanol–water partition coefficient (Wildman–Crippen LogP) is 8.17. The summed E-state index contributed by atoms with van der Waals surface area (Å²) in [7, 11) is 0. The van der Waals surface area contributed by atoms with Crippen molar-refractivity contribution in [1.82, 2.24) is 14.4 Å². The van der Waals surface area contributed by atoms with Crippen molar-refractivity contribution >= 4 is 38.2 Å². The molecule has 0 saturated carbocycles. The Kier molecular flexibility index (Phi) is 4.49. The quantitative estimate of drug-likeness (QED) is 0.243. The van der Waals surface area contributed by atoms with Gasteiger partial charge in [-0.3, -0.25) is 9.38 Å². The van der Waals surface area contributed by atoms with Gasteiger partial charge in [-0.05, 0) is 45.3 Å². The van der Waals surface area contributed by atoms with E-state index >= 15 is 0 Å². The molecule has 0 radical (unpaired) electrons. The minimum absolute atomic E-state index is 0.0932. The van der Waals surface area contributed by atoms with Crippen LogP contribution in [0.25, 0.3) is 49.5 Å². The molecule has 6 aromatic rings. The van der Waals surface area contributed by atoms with E-state index in [-0.39, 0.29) is 10.9 Å². The fourth-order valence-corrected chi connectivity index (χ4v) is 4.92. The number of alkyl halides is 3. The first-order valence-electron chi connectivity index (χ1n) is 11.4. The Bertz CT molecular complexity index is 1770. The zero-order valence-corrected chi connectivity index (χ0v) is 19.5. The van der Waals surface area contributed by atoms with Crippen LogP contribution in [0.2, 0.25) is 0 Å². The molecule has 0 amide bonds. The van der Waals surface area contributed by atoms with E-state index in [0.29, 0.717) is 16.9 Å². The fourth-order valence-electron chi connectivity index (χ4n) is 4.92. The molecule has 35 heavy (non-hydrogen) atoms. The number of rotatable bonds is 1. The highest BCUT2D eigenvalue weighted by Crippen LogP contribution is 2.41. The molecular weight excluding hydrogens is 447 g/mol. The second kappa shape index (κ2) is 7.28. The number of hydrogen-bond donors (Lipinski definition) is 0. The second-order valence-electron chi connectivity index (χ2n) is 9.92. The van der Waals surface area contributed by atoms with Gasteiger partial charge in [0, 0.05) is 23.3 Å². The van der Waals surface area contributed by atoms with Crippen LogP contribution in [0.4, 0.5) is 13.2 Å². The van der Waals surface area contributed by atoms with Gasteiger partial charge in [0.25, 0.3) is 0 Å². The summed E-state index contributed by atoms with van der Waals surface area (Å²) in [6, 6.07) is 21.6. The van der Waals surface area contributed by atoms with E-state index in [0.717, 1.165) is 38.9 Å². The van der Waals surface area contributed by atoms with Gasteiger partial charge in [-0.15, -0.1) is 0 Å². The fraction of sp³-hybridized carbons (Fsp3) is 0.172. The first kappa shape index (κ1) is 21.6. The van der Waals surface area contributed by atoms with Crippen molar-refractivity contribution in [2.24, 2.45) is 0 Å². The second-order valence-corrected chi connectivity index (χ2v) is 9.92. The molecule has 0 aliphatic carbocycles. The van der Waals surface area contributed by atoms with Gasteiger partial charge < -0.3 is 0 Å². The van der Waals surface area contributed by atoms with Crippen molar-refractivity contribution in [3.05, 3.63) is 90.3 Å². The predicted molar refractivity (Wildman–Crippen MR) is 135 cm³/mol. The Balaban J connectivity index is 1.77. The van der Waals surface area contributed by atoms with E-state index < -0.39 is 11.7 Å². The van der Waals surface area contributed by atoms with Crippen LogP contribution >= 0.6 is 0 Å². The maximum atomic E-state index is 14.0. The van der Waals surface area contributed by atoms with Crippen LogP contribution in [0.5, 0.6) is 0 Å². The molecule has 3 heterocycles. The van der Waals surface area contributed by atoms with Crippen LogP contribution in [0.15, 0.2) is 79.1 Å². The SMILES string of the molecule is CC(C)(C)c1cc(-c2ncc(C(F)(F)F)c3nc4c5ccccc5ccn4c23)cc2ccccc12. The molecule has 0 saturated heterocycles. The van der Waals surface area contributed by atoms with E-state index in [1.165, 1.54) is 0 Å². The van der Waals surface area contributed by atoms with E-state index in [1.54, 1.807) is 10.6 Å².